The van der Waals surface area contributed by atoms with Crippen molar-refractivity contribution >= 4 is 28.9 Å². The van der Waals surface area contributed by atoms with Crippen molar-refractivity contribution in [2.24, 2.45) is 5.41 Å². The summed E-state index contributed by atoms with van der Waals surface area (Å²) in [7, 11) is 3.88. The highest BCUT2D eigenvalue weighted by molar-refractivity contribution is 6.20. The zero-order chi connectivity index (χ0) is 13.1. The van der Waals surface area contributed by atoms with Gasteiger partial charge in [-0.15, -0.1) is 11.6 Å². The molecule has 0 aliphatic rings. The molecular formula is C13H19ClN2O. The Kier molecular flexibility index (Phi) is 4.40. The molecule has 0 saturated heterocycles. The van der Waals surface area contributed by atoms with E-state index in [-0.39, 0.29) is 5.91 Å². The van der Waals surface area contributed by atoms with E-state index in [9.17, 15) is 4.79 Å². The summed E-state index contributed by atoms with van der Waals surface area (Å²) in [6, 6.07) is 7.69. The molecule has 0 spiro atoms. The van der Waals surface area contributed by atoms with Gasteiger partial charge in [0.05, 0.1) is 16.8 Å². The van der Waals surface area contributed by atoms with Gasteiger partial charge in [0, 0.05) is 20.0 Å². The molecule has 3 nitrogen and oxygen atoms in total. The van der Waals surface area contributed by atoms with E-state index in [1.54, 1.807) is 0 Å². The van der Waals surface area contributed by atoms with Gasteiger partial charge >= 0.3 is 0 Å². The van der Waals surface area contributed by atoms with Crippen molar-refractivity contribution in [2.45, 2.75) is 13.8 Å². The molecule has 1 rings (SSSR count). The van der Waals surface area contributed by atoms with E-state index in [1.807, 2.05) is 57.1 Å². The number of carbonyl (C=O) groups excluding carboxylic acids is 1. The average Bonchev–Trinajstić information content (AvgIpc) is 2.29. The first-order chi connectivity index (χ1) is 7.88. The van der Waals surface area contributed by atoms with Crippen LogP contribution in [0, 0.1) is 5.41 Å². The number of hydrogen-bond donors (Lipinski definition) is 1. The Balaban J connectivity index is 2.93. The highest BCUT2D eigenvalue weighted by Gasteiger charge is 2.27. The Bertz CT molecular complexity index is 402. The summed E-state index contributed by atoms with van der Waals surface area (Å²) in [5.74, 6) is 0.227. The van der Waals surface area contributed by atoms with Gasteiger partial charge in [0.2, 0.25) is 5.91 Å². The van der Waals surface area contributed by atoms with Gasteiger partial charge in [-0.3, -0.25) is 4.79 Å². The molecule has 0 bridgehead atoms. The standard InChI is InChI=1S/C13H19ClN2O/c1-13(2,9-14)12(17)15-10-7-5-6-8-11(10)16(3)4/h5-8H,9H2,1-4H3,(H,15,17). The number of nitrogens with one attached hydrogen (secondary N) is 1. The second kappa shape index (κ2) is 5.41. The second-order valence-electron chi connectivity index (χ2n) is 4.88. The van der Waals surface area contributed by atoms with Crippen molar-refractivity contribution in [1.82, 2.24) is 0 Å². The number of para-hydroxylation sites is 2. The van der Waals surface area contributed by atoms with Crippen molar-refractivity contribution in [3.05, 3.63) is 24.3 Å². The molecule has 4 heteroatoms. The topological polar surface area (TPSA) is 32.3 Å². The molecule has 0 saturated carbocycles. The van der Waals surface area contributed by atoms with Gasteiger partial charge in [-0.25, -0.2) is 0 Å². The molecule has 0 atom stereocenters. The van der Waals surface area contributed by atoms with Crippen LogP contribution >= 0.6 is 11.6 Å². The molecule has 0 fully saturated rings. The Morgan fingerprint density at radius 1 is 1.35 bits per heavy atom. The van der Waals surface area contributed by atoms with Gasteiger partial charge < -0.3 is 10.2 Å². The van der Waals surface area contributed by atoms with Crippen LogP contribution in [0.4, 0.5) is 11.4 Å². The first kappa shape index (κ1) is 13.8. The quantitative estimate of drug-likeness (QED) is 0.838. The molecule has 0 aromatic heterocycles. The van der Waals surface area contributed by atoms with Crippen LogP contribution < -0.4 is 10.2 Å². The molecule has 0 radical (unpaired) electrons. The number of anilines is 2. The largest absolute Gasteiger partial charge is 0.376 e. The van der Waals surface area contributed by atoms with Crippen molar-refractivity contribution in [3.8, 4) is 0 Å². The third-order valence-corrected chi connectivity index (χ3v) is 3.25. The zero-order valence-corrected chi connectivity index (χ0v) is 11.5. The molecule has 17 heavy (non-hydrogen) atoms. The summed E-state index contributed by atoms with van der Waals surface area (Å²) in [6.45, 7) is 3.65. The number of nitrogens with zero attached hydrogens (tertiary/aromatic N) is 1. The number of rotatable bonds is 4. The maximum absolute atomic E-state index is 12.0. The number of hydrogen-bond acceptors (Lipinski definition) is 2. The van der Waals surface area contributed by atoms with Gasteiger partial charge in [0.15, 0.2) is 0 Å². The number of halogens is 1. The maximum atomic E-state index is 12.0. The Labute approximate surface area is 108 Å². The molecule has 0 unspecified atom stereocenters. The van der Waals surface area contributed by atoms with Gasteiger partial charge in [0.25, 0.3) is 0 Å². The minimum atomic E-state index is -0.568. The Hall–Kier alpha value is -1.22. The van der Waals surface area contributed by atoms with E-state index in [1.165, 1.54) is 0 Å². The maximum Gasteiger partial charge on any atom is 0.231 e. The zero-order valence-electron chi connectivity index (χ0n) is 10.7. The average molecular weight is 255 g/mol. The number of carbonyl (C=O) groups is 1. The van der Waals surface area contributed by atoms with Gasteiger partial charge in [-0.1, -0.05) is 12.1 Å². The molecule has 0 heterocycles. The van der Waals surface area contributed by atoms with Crippen LogP contribution in [-0.2, 0) is 4.79 Å². The molecular weight excluding hydrogens is 236 g/mol. The van der Waals surface area contributed by atoms with Gasteiger partial charge in [-0.2, -0.15) is 0 Å². The van der Waals surface area contributed by atoms with E-state index in [0.29, 0.717) is 5.88 Å². The molecule has 1 aromatic carbocycles. The minimum absolute atomic E-state index is 0.0678. The minimum Gasteiger partial charge on any atom is -0.376 e. The predicted octanol–water partition coefficient (Wildman–Crippen LogP) is 2.96. The van der Waals surface area contributed by atoms with Gasteiger partial charge in [0.1, 0.15) is 0 Å². The van der Waals surface area contributed by atoms with Crippen LogP contribution in [0.2, 0.25) is 0 Å². The van der Waals surface area contributed by atoms with E-state index < -0.39 is 5.41 Å². The van der Waals surface area contributed by atoms with Crippen molar-refractivity contribution in [3.63, 3.8) is 0 Å². The van der Waals surface area contributed by atoms with Crippen LogP contribution in [0.25, 0.3) is 0 Å². The van der Waals surface area contributed by atoms with Crippen LogP contribution in [0.5, 0.6) is 0 Å². The van der Waals surface area contributed by atoms with Crippen LogP contribution in [0.15, 0.2) is 24.3 Å². The Morgan fingerprint density at radius 3 is 2.47 bits per heavy atom. The summed E-state index contributed by atoms with van der Waals surface area (Å²) in [6.07, 6.45) is 0. The first-order valence-electron chi connectivity index (χ1n) is 5.52. The molecule has 0 aliphatic heterocycles. The third-order valence-electron chi connectivity index (χ3n) is 2.58. The fraction of sp³-hybridized carbons (Fsp3) is 0.462. The number of alkyl halides is 1. The molecule has 0 aliphatic carbocycles. The van der Waals surface area contributed by atoms with Crippen LogP contribution in [-0.4, -0.2) is 25.9 Å². The highest BCUT2D eigenvalue weighted by Crippen LogP contribution is 2.26. The number of amides is 1. The van der Waals surface area contributed by atoms with Crippen molar-refractivity contribution in [2.75, 3.05) is 30.2 Å². The summed E-state index contributed by atoms with van der Waals surface area (Å²) >= 11 is 5.79. The van der Waals surface area contributed by atoms with Crippen LogP contribution in [0.3, 0.4) is 0 Å². The lowest BCUT2D eigenvalue weighted by Crippen LogP contribution is -2.32. The van der Waals surface area contributed by atoms with Crippen LogP contribution in [0.1, 0.15) is 13.8 Å². The normalized spacial score (nSPS) is 11.1. The monoisotopic (exact) mass is 254 g/mol. The molecule has 1 N–H and O–H groups in total. The summed E-state index contributed by atoms with van der Waals surface area (Å²) in [5, 5.41) is 2.92. The first-order valence-corrected chi connectivity index (χ1v) is 6.05. The SMILES string of the molecule is CN(C)c1ccccc1NC(=O)C(C)(C)CCl. The second-order valence-corrected chi connectivity index (χ2v) is 5.15. The fourth-order valence-electron chi connectivity index (χ4n) is 1.32. The third kappa shape index (κ3) is 3.37. The van der Waals surface area contributed by atoms with E-state index in [0.717, 1.165) is 11.4 Å². The van der Waals surface area contributed by atoms with Crippen molar-refractivity contribution in [1.29, 1.82) is 0 Å². The number of benzene rings is 1. The fourth-order valence-corrected chi connectivity index (χ4v) is 1.44. The van der Waals surface area contributed by atoms with Crippen molar-refractivity contribution < 1.29 is 4.79 Å². The molecule has 94 valence electrons. The lowest BCUT2D eigenvalue weighted by atomic mass is 9.95. The predicted molar refractivity (Wildman–Crippen MR) is 73.9 cm³/mol. The summed E-state index contributed by atoms with van der Waals surface area (Å²) in [5.41, 5.74) is 1.22. The van der Waals surface area contributed by atoms with E-state index in [2.05, 4.69) is 5.32 Å². The van der Waals surface area contributed by atoms with Gasteiger partial charge in [-0.05, 0) is 26.0 Å². The summed E-state index contributed by atoms with van der Waals surface area (Å²) < 4.78 is 0. The van der Waals surface area contributed by atoms with E-state index >= 15 is 0 Å². The van der Waals surface area contributed by atoms with E-state index in [4.69, 9.17) is 11.6 Å². The Morgan fingerprint density at radius 2 is 1.94 bits per heavy atom. The lowest BCUT2D eigenvalue weighted by molar-refractivity contribution is -0.122. The molecule has 1 aromatic rings. The molecule has 1 amide bonds. The lowest BCUT2D eigenvalue weighted by Gasteiger charge is -2.23. The summed E-state index contributed by atoms with van der Waals surface area (Å²) in [4.78, 5) is 14.0. The smallest absolute Gasteiger partial charge is 0.231 e. The highest BCUT2D eigenvalue weighted by atomic mass is 35.5.